The van der Waals surface area contributed by atoms with E-state index in [9.17, 15) is 9.18 Å². The van der Waals surface area contributed by atoms with E-state index >= 15 is 0 Å². The molecule has 6 nitrogen and oxygen atoms in total. The number of carbonyl (C=O) groups is 1. The molecule has 2 aromatic heterocycles. The first-order valence-corrected chi connectivity index (χ1v) is 11.0. The summed E-state index contributed by atoms with van der Waals surface area (Å²) in [5.41, 5.74) is 0.289. The van der Waals surface area contributed by atoms with E-state index in [1.807, 2.05) is 42.6 Å². The summed E-state index contributed by atoms with van der Waals surface area (Å²) in [4.78, 5) is 20.1. The Kier molecular flexibility index (Phi) is 6.29. The molecule has 0 aliphatic heterocycles. The highest BCUT2D eigenvalue weighted by molar-refractivity contribution is 8.00. The first kappa shape index (κ1) is 20.4. The zero-order chi connectivity index (χ0) is 20.9. The Balaban J connectivity index is 1.53. The highest BCUT2D eigenvalue weighted by Gasteiger charge is 2.21. The molecule has 0 aliphatic carbocycles. The van der Waals surface area contributed by atoms with Gasteiger partial charge in [-0.05, 0) is 42.5 Å². The van der Waals surface area contributed by atoms with Crippen molar-refractivity contribution >= 4 is 44.4 Å². The lowest BCUT2D eigenvalue weighted by Gasteiger charge is -2.19. The van der Waals surface area contributed by atoms with Gasteiger partial charge in [-0.3, -0.25) is 14.4 Å². The molecule has 0 bridgehead atoms. The van der Waals surface area contributed by atoms with Gasteiger partial charge in [-0.2, -0.15) is 5.10 Å². The minimum atomic E-state index is -0.387. The number of methoxy groups -OCH3 is 1. The Hall–Kier alpha value is -2.91. The average molecular weight is 443 g/mol. The number of hydrogen-bond donors (Lipinski definition) is 0. The van der Waals surface area contributed by atoms with Crippen molar-refractivity contribution in [3.63, 3.8) is 0 Å². The maximum Gasteiger partial charge on any atom is 0.239 e. The van der Waals surface area contributed by atoms with Gasteiger partial charge >= 0.3 is 0 Å². The molecule has 154 valence electrons. The number of amides is 1. The van der Waals surface area contributed by atoms with Crippen LogP contribution in [0, 0.1) is 5.82 Å². The number of carbonyl (C=O) groups excluding carboxylic acids is 1. The van der Waals surface area contributed by atoms with E-state index in [1.165, 1.54) is 29.2 Å². The van der Waals surface area contributed by atoms with Gasteiger partial charge in [0.1, 0.15) is 17.1 Å². The number of thiazole rings is 1. The number of anilines is 1. The molecule has 1 amide bonds. The van der Waals surface area contributed by atoms with Gasteiger partial charge in [0.15, 0.2) is 5.13 Å². The van der Waals surface area contributed by atoms with Crippen molar-refractivity contribution in [1.29, 1.82) is 0 Å². The van der Waals surface area contributed by atoms with Gasteiger partial charge < -0.3 is 4.74 Å². The normalized spacial score (nSPS) is 11.0. The van der Waals surface area contributed by atoms with Crippen molar-refractivity contribution in [1.82, 2.24) is 14.8 Å². The number of halogens is 1. The number of rotatable bonds is 8. The Morgan fingerprint density at radius 3 is 2.77 bits per heavy atom. The maximum atomic E-state index is 14.1. The summed E-state index contributed by atoms with van der Waals surface area (Å²) in [5.74, 6) is 0.525. The van der Waals surface area contributed by atoms with Gasteiger partial charge in [-0.15, -0.1) is 11.8 Å². The van der Waals surface area contributed by atoms with E-state index in [4.69, 9.17) is 4.74 Å². The van der Waals surface area contributed by atoms with Gasteiger partial charge in [-0.25, -0.2) is 9.37 Å². The second kappa shape index (κ2) is 9.27. The lowest BCUT2D eigenvalue weighted by molar-refractivity contribution is -0.116. The third kappa shape index (κ3) is 4.63. The fourth-order valence-corrected chi connectivity index (χ4v) is 4.67. The second-order valence-corrected chi connectivity index (χ2v) is 8.42. The highest BCUT2D eigenvalue weighted by Crippen LogP contribution is 2.31. The molecule has 0 fully saturated rings. The van der Waals surface area contributed by atoms with Crippen molar-refractivity contribution in [2.75, 3.05) is 24.3 Å². The van der Waals surface area contributed by atoms with Crippen LogP contribution >= 0.6 is 23.1 Å². The van der Waals surface area contributed by atoms with Gasteiger partial charge in [0, 0.05) is 23.8 Å². The predicted molar refractivity (Wildman–Crippen MR) is 118 cm³/mol. The molecule has 4 aromatic rings. The number of aromatic nitrogens is 3. The number of benzene rings is 2. The van der Waals surface area contributed by atoms with Gasteiger partial charge in [0.05, 0.1) is 24.1 Å². The summed E-state index contributed by atoms with van der Waals surface area (Å²) < 4.78 is 21.8. The van der Waals surface area contributed by atoms with Gasteiger partial charge in [0.2, 0.25) is 5.91 Å². The summed E-state index contributed by atoms with van der Waals surface area (Å²) in [5, 5.41) is 4.68. The van der Waals surface area contributed by atoms with Crippen molar-refractivity contribution in [3.8, 4) is 5.75 Å². The molecule has 2 heterocycles. The smallest absolute Gasteiger partial charge is 0.239 e. The third-order valence-corrected chi connectivity index (χ3v) is 6.46. The zero-order valence-electron chi connectivity index (χ0n) is 16.2. The van der Waals surface area contributed by atoms with Crippen LogP contribution in [0.2, 0.25) is 0 Å². The van der Waals surface area contributed by atoms with E-state index in [1.54, 1.807) is 29.0 Å². The largest absolute Gasteiger partial charge is 0.497 e. The number of fused-ring (bicyclic) bond motifs is 1. The molecule has 0 spiro atoms. The van der Waals surface area contributed by atoms with Gasteiger partial charge in [0.25, 0.3) is 0 Å². The van der Waals surface area contributed by atoms with E-state index < -0.39 is 0 Å². The number of para-hydroxylation sites is 1. The van der Waals surface area contributed by atoms with Crippen LogP contribution in [-0.2, 0) is 11.3 Å². The molecule has 0 radical (unpaired) electrons. The van der Waals surface area contributed by atoms with E-state index in [0.717, 1.165) is 10.6 Å². The highest BCUT2D eigenvalue weighted by atomic mass is 32.2. The number of hydrogen-bond acceptors (Lipinski definition) is 6. The molecule has 0 aliphatic rings. The Labute approximate surface area is 181 Å². The summed E-state index contributed by atoms with van der Waals surface area (Å²) in [6, 6.07) is 14.2. The minimum absolute atomic E-state index is 0.0950. The molecular weight excluding hydrogens is 423 g/mol. The molecule has 4 rings (SSSR count). The molecule has 9 heteroatoms. The fraction of sp³-hybridized carbons (Fsp3) is 0.190. The molecule has 0 atom stereocenters. The Bertz CT molecular complexity index is 1130. The third-order valence-electron chi connectivity index (χ3n) is 4.42. The molecule has 0 unspecified atom stereocenters. The second-order valence-electron chi connectivity index (χ2n) is 6.36. The van der Waals surface area contributed by atoms with Crippen LogP contribution in [0.1, 0.15) is 0 Å². The van der Waals surface area contributed by atoms with Crippen LogP contribution in [0.4, 0.5) is 9.52 Å². The number of thioether (sulfide) groups is 1. The van der Waals surface area contributed by atoms with Crippen LogP contribution in [0.15, 0.2) is 65.8 Å². The summed E-state index contributed by atoms with van der Waals surface area (Å²) in [7, 11) is 1.62. The molecule has 0 saturated carbocycles. The van der Waals surface area contributed by atoms with Crippen LogP contribution in [0.5, 0.6) is 5.75 Å². The fourth-order valence-electron chi connectivity index (χ4n) is 2.88. The summed E-state index contributed by atoms with van der Waals surface area (Å²) in [6.07, 6.45) is 3.53. The summed E-state index contributed by atoms with van der Waals surface area (Å²) in [6.45, 7) is 0.912. The van der Waals surface area contributed by atoms with Crippen molar-refractivity contribution in [2.24, 2.45) is 0 Å². The number of nitrogens with zero attached hydrogens (tertiary/aromatic N) is 4. The first-order chi connectivity index (χ1) is 14.6. The van der Waals surface area contributed by atoms with Crippen LogP contribution in [0.3, 0.4) is 0 Å². The Morgan fingerprint density at radius 1 is 1.23 bits per heavy atom. The van der Waals surface area contributed by atoms with Gasteiger partial charge in [-0.1, -0.05) is 17.4 Å². The van der Waals surface area contributed by atoms with Crippen LogP contribution < -0.4 is 9.64 Å². The quantitative estimate of drug-likeness (QED) is 0.377. The van der Waals surface area contributed by atoms with Crippen molar-refractivity contribution < 1.29 is 13.9 Å². The molecule has 0 saturated heterocycles. The lowest BCUT2D eigenvalue weighted by atomic mass is 10.3. The van der Waals surface area contributed by atoms with Crippen molar-refractivity contribution in [2.45, 2.75) is 11.4 Å². The zero-order valence-corrected chi connectivity index (χ0v) is 17.8. The molecular formula is C21H19FN4O2S2. The standard InChI is InChI=1S/C21H19FN4O2S2/c1-28-15-6-8-16(9-7-15)29-14-19(27)26(13-12-25-11-3-10-23-25)21-24-20-17(22)4-2-5-18(20)30-21/h2-11H,12-14H2,1H3. The van der Waals surface area contributed by atoms with Crippen LogP contribution in [-0.4, -0.2) is 40.1 Å². The van der Waals surface area contributed by atoms with Crippen molar-refractivity contribution in [3.05, 3.63) is 66.7 Å². The van der Waals surface area contributed by atoms with E-state index in [0.29, 0.717) is 22.9 Å². The molecule has 0 N–H and O–H groups in total. The summed E-state index contributed by atoms with van der Waals surface area (Å²) >= 11 is 2.75. The first-order valence-electron chi connectivity index (χ1n) is 9.24. The number of ether oxygens (including phenoxy) is 1. The van der Waals surface area contributed by atoms with E-state index in [-0.39, 0.29) is 23.0 Å². The predicted octanol–water partition coefficient (Wildman–Crippen LogP) is 4.47. The molecule has 30 heavy (non-hydrogen) atoms. The average Bonchev–Trinajstić information content (AvgIpc) is 3.43. The minimum Gasteiger partial charge on any atom is -0.497 e. The Morgan fingerprint density at radius 2 is 2.07 bits per heavy atom. The van der Waals surface area contributed by atoms with Crippen LogP contribution in [0.25, 0.3) is 10.2 Å². The SMILES string of the molecule is COc1ccc(SCC(=O)N(CCn2cccn2)c2nc3c(F)cccc3s2)cc1. The lowest BCUT2D eigenvalue weighted by Crippen LogP contribution is -2.35. The molecule has 2 aromatic carbocycles. The van der Waals surface area contributed by atoms with E-state index in [2.05, 4.69) is 10.1 Å². The topological polar surface area (TPSA) is 60.2 Å². The maximum absolute atomic E-state index is 14.1. The monoisotopic (exact) mass is 442 g/mol.